The van der Waals surface area contributed by atoms with Gasteiger partial charge in [0.05, 0.1) is 16.3 Å². The number of benzene rings is 1. The van der Waals surface area contributed by atoms with E-state index in [1.807, 2.05) is 41.8 Å². The maximum Gasteiger partial charge on any atom is 0.248 e. The van der Waals surface area contributed by atoms with E-state index in [-0.39, 0.29) is 12.5 Å². The summed E-state index contributed by atoms with van der Waals surface area (Å²) in [4.78, 5) is 19.2. The van der Waals surface area contributed by atoms with Crippen molar-refractivity contribution in [1.29, 1.82) is 0 Å². The second-order valence-corrected chi connectivity index (χ2v) is 5.06. The van der Waals surface area contributed by atoms with Gasteiger partial charge in [0.25, 0.3) is 0 Å². The normalized spacial score (nSPS) is 15.1. The highest BCUT2D eigenvalue weighted by atomic mass is 32.1. The van der Waals surface area contributed by atoms with Gasteiger partial charge in [-0.2, -0.15) is 0 Å². The topological polar surface area (TPSA) is 32.7 Å². The Kier molecular flexibility index (Phi) is 2.72. The van der Waals surface area contributed by atoms with Gasteiger partial charge < -0.3 is 4.90 Å². The van der Waals surface area contributed by atoms with Crippen LogP contribution in [0.5, 0.6) is 0 Å². The highest BCUT2D eigenvalue weighted by molar-refractivity contribution is 7.12. The Morgan fingerprint density at radius 2 is 2.06 bits per heavy atom. The number of hydrogen-bond acceptors (Lipinski definition) is 3. The van der Waals surface area contributed by atoms with E-state index in [4.69, 9.17) is 0 Å². The van der Waals surface area contributed by atoms with Gasteiger partial charge in [0.15, 0.2) is 0 Å². The van der Waals surface area contributed by atoms with Crippen LogP contribution in [0.3, 0.4) is 0 Å². The van der Waals surface area contributed by atoms with Gasteiger partial charge in [0, 0.05) is 12.6 Å². The number of likely N-dealkylation sites (N-methyl/N-ethyl adjacent to an activating group) is 1. The van der Waals surface area contributed by atoms with Crippen molar-refractivity contribution in [2.45, 2.75) is 0 Å². The van der Waals surface area contributed by atoms with Crippen LogP contribution in [0.25, 0.3) is 0 Å². The van der Waals surface area contributed by atoms with Crippen LogP contribution in [-0.2, 0) is 4.79 Å². The molecule has 1 aromatic heterocycles. The number of amides is 1. The average Bonchev–Trinajstić information content (AvgIpc) is 2.88. The van der Waals surface area contributed by atoms with Crippen LogP contribution in [0.15, 0.2) is 46.8 Å². The van der Waals surface area contributed by atoms with Crippen molar-refractivity contribution in [3.63, 3.8) is 0 Å². The molecule has 0 fully saturated rings. The molecule has 0 atom stereocenters. The molecule has 0 unspecified atom stereocenters. The molecule has 2 aromatic rings. The first kappa shape index (κ1) is 11.2. The summed E-state index contributed by atoms with van der Waals surface area (Å²) in [5.74, 6) is 0.0222. The van der Waals surface area contributed by atoms with E-state index in [1.54, 1.807) is 23.3 Å². The lowest BCUT2D eigenvalue weighted by atomic mass is 10.1. The Hall–Kier alpha value is -1.94. The van der Waals surface area contributed by atoms with Crippen LogP contribution in [0.2, 0.25) is 0 Å². The molecule has 0 N–H and O–H groups in total. The third-order valence-corrected chi connectivity index (χ3v) is 3.90. The molecule has 0 radical (unpaired) electrons. The molecule has 1 aliphatic heterocycles. The quantitative estimate of drug-likeness (QED) is 0.771. The zero-order valence-corrected chi connectivity index (χ0v) is 10.8. The van der Waals surface area contributed by atoms with E-state index in [1.165, 1.54) is 0 Å². The first-order valence-electron chi connectivity index (χ1n) is 5.71. The smallest absolute Gasteiger partial charge is 0.248 e. The minimum absolute atomic E-state index is 0.0222. The number of benzodiazepines with no additional fused rings is 1. The highest BCUT2D eigenvalue weighted by Gasteiger charge is 2.22. The molecule has 3 rings (SSSR count). The Balaban J connectivity index is 2.21. The van der Waals surface area contributed by atoms with Crippen molar-refractivity contribution >= 4 is 28.6 Å². The molecule has 0 aliphatic carbocycles. The Morgan fingerprint density at radius 1 is 1.22 bits per heavy atom. The molecule has 18 heavy (non-hydrogen) atoms. The number of aliphatic imine (C=N–C) groups is 1. The third kappa shape index (κ3) is 1.75. The molecular weight excluding hydrogens is 244 g/mol. The van der Waals surface area contributed by atoms with Crippen LogP contribution < -0.4 is 4.90 Å². The SMILES string of the molecule is CN1C(=O)CN=C(c2cccs2)c2ccccc21. The first-order valence-corrected chi connectivity index (χ1v) is 6.59. The summed E-state index contributed by atoms with van der Waals surface area (Å²) in [6.45, 7) is 0.207. The van der Waals surface area contributed by atoms with Gasteiger partial charge in [0.2, 0.25) is 5.91 Å². The highest BCUT2D eigenvalue weighted by Crippen LogP contribution is 2.27. The van der Waals surface area contributed by atoms with Gasteiger partial charge in [0.1, 0.15) is 6.54 Å². The number of carbonyl (C=O) groups is 1. The number of carbonyl (C=O) groups excluding carboxylic acids is 1. The van der Waals surface area contributed by atoms with E-state index in [9.17, 15) is 4.79 Å². The molecule has 0 saturated heterocycles. The lowest BCUT2D eigenvalue weighted by molar-refractivity contribution is -0.116. The van der Waals surface area contributed by atoms with Crippen molar-refractivity contribution in [1.82, 2.24) is 0 Å². The largest absolute Gasteiger partial charge is 0.313 e. The maximum atomic E-state index is 11.9. The fourth-order valence-corrected chi connectivity index (χ4v) is 2.81. The molecule has 3 nitrogen and oxygen atoms in total. The lowest BCUT2D eigenvalue weighted by Gasteiger charge is -2.17. The molecule has 90 valence electrons. The zero-order valence-electron chi connectivity index (χ0n) is 9.96. The van der Waals surface area contributed by atoms with E-state index >= 15 is 0 Å². The van der Waals surface area contributed by atoms with E-state index in [0.29, 0.717) is 0 Å². The van der Waals surface area contributed by atoms with Gasteiger partial charge in [-0.05, 0) is 17.5 Å². The minimum Gasteiger partial charge on any atom is -0.313 e. The van der Waals surface area contributed by atoms with Crippen molar-refractivity contribution in [2.75, 3.05) is 18.5 Å². The Morgan fingerprint density at radius 3 is 2.83 bits per heavy atom. The number of nitrogens with zero attached hydrogens (tertiary/aromatic N) is 2. The van der Waals surface area contributed by atoms with E-state index in [2.05, 4.69) is 4.99 Å². The van der Waals surface area contributed by atoms with Gasteiger partial charge in [-0.1, -0.05) is 24.3 Å². The van der Waals surface area contributed by atoms with Crippen LogP contribution in [0.4, 0.5) is 5.69 Å². The zero-order chi connectivity index (χ0) is 12.5. The fourth-order valence-electron chi connectivity index (χ4n) is 2.06. The van der Waals surface area contributed by atoms with Gasteiger partial charge in [-0.3, -0.25) is 9.79 Å². The first-order chi connectivity index (χ1) is 8.77. The number of hydrogen-bond donors (Lipinski definition) is 0. The standard InChI is InChI=1S/C14H12N2OS/c1-16-11-6-3-2-5-10(11)14(15-9-13(16)17)12-7-4-8-18-12/h2-8H,9H2,1H3. The number of fused-ring (bicyclic) bond motifs is 1. The predicted molar refractivity (Wildman–Crippen MR) is 74.7 cm³/mol. The fraction of sp³-hybridized carbons (Fsp3) is 0.143. The summed E-state index contributed by atoms with van der Waals surface area (Å²) in [6, 6.07) is 11.9. The number of rotatable bonds is 1. The number of thiophene rings is 1. The number of para-hydroxylation sites is 1. The molecule has 2 heterocycles. The van der Waals surface area contributed by atoms with E-state index in [0.717, 1.165) is 21.8 Å². The van der Waals surface area contributed by atoms with Crippen LogP contribution in [-0.4, -0.2) is 25.2 Å². The number of anilines is 1. The minimum atomic E-state index is 0.0222. The second kappa shape index (κ2) is 4.38. The third-order valence-electron chi connectivity index (χ3n) is 3.02. The van der Waals surface area contributed by atoms with Crippen LogP contribution in [0, 0.1) is 0 Å². The molecular formula is C14H12N2OS. The van der Waals surface area contributed by atoms with Gasteiger partial charge in [-0.15, -0.1) is 11.3 Å². The summed E-state index contributed by atoms with van der Waals surface area (Å²) in [6.07, 6.45) is 0. The summed E-state index contributed by atoms with van der Waals surface area (Å²) in [5.41, 5.74) is 2.86. The molecule has 0 spiro atoms. The predicted octanol–water partition coefficient (Wildman–Crippen LogP) is 2.56. The summed E-state index contributed by atoms with van der Waals surface area (Å²) in [5, 5.41) is 2.02. The molecule has 4 heteroatoms. The Bertz CT molecular complexity index is 616. The summed E-state index contributed by atoms with van der Waals surface area (Å²) in [7, 11) is 1.80. The van der Waals surface area contributed by atoms with Crippen molar-refractivity contribution in [3.05, 3.63) is 52.2 Å². The maximum absolute atomic E-state index is 11.9. The second-order valence-electron chi connectivity index (χ2n) is 4.11. The van der Waals surface area contributed by atoms with Crippen molar-refractivity contribution in [3.8, 4) is 0 Å². The molecule has 1 aliphatic rings. The van der Waals surface area contributed by atoms with Crippen molar-refractivity contribution in [2.24, 2.45) is 4.99 Å². The van der Waals surface area contributed by atoms with Gasteiger partial charge >= 0.3 is 0 Å². The van der Waals surface area contributed by atoms with Crippen LogP contribution in [0.1, 0.15) is 10.4 Å². The molecule has 1 amide bonds. The monoisotopic (exact) mass is 256 g/mol. The Labute approximate surface area is 109 Å². The van der Waals surface area contributed by atoms with Gasteiger partial charge in [-0.25, -0.2) is 0 Å². The summed E-state index contributed by atoms with van der Waals surface area (Å²) >= 11 is 1.64. The van der Waals surface area contributed by atoms with Crippen LogP contribution >= 0.6 is 11.3 Å². The average molecular weight is 256 g/mol. The summed E-state index contributed by atoms with van der Waals surface area (Å²) < 4.78 is 0. The molecule has 0 bridgehead atoms. The lowest BCUT2D eigenvalue weighted by Crippen LogP contribution is -2.27. The molecule has 1 aromatic carbocycles. The van der Waals surface area contributed by atoms with Crippen molar-refractivity contribution < 1.29 is 4.79 Å². The molecule has 0 saturated carbocycles. The van der Waals surface area contributed by atoms with E-state index < -0.39 is 0 Å².